The number of carboxylic acids is 1. The summed E-state index contributed by atoms with van der Waals surface area (Å²) in [4.78, 5) is 18.4. The molecule has 2 rings (SSSR count). The highest BCUT2D eigenvalue weighted by Crippen LogP contribution is 2.29. The average molecular weight is 324 g/mol. The van der Waals surface area contributed by atoms with Crippen molar-refractivity contribution in [3.05, 3.63) is 40.8 Å². The smallest absolute Gasteiger partial charge is 0.356 e. The topological polar surface area (TPSA) is 84.3 Å². The molecule has 2 aromatic rings. The largest absolute Gasteiger partial charge is 0.495 e. The highest BCUT2D eigenvalue weighted by Gasteiger charge is 2.07. The zero-order valence-electron chi connectivity index (χ0n) is 9.92. The molecule has 6 nitrogen and oxygen atoms in total. The number of ether oxygens (including phenoxy) is 1. The summed E-state index contributed by atoms with van der Waals surface area (Å²) in [6.07, 6.45) is 2.54. The molecule has 7 heteroatoms. The van der Waals surface area contributed by atoms with E-state index in [1.165, 1.54) is 12.4 Å². The van der Waals surface area contributed by atoms with Crippen molar-refractivity contribution in [3.8, 4) is 5.75 Å². The van der Waals surface area contributed by atoms with Crippen LogP contribution in [0.2, 0.25) is 0 Å². The Morgan fingerprint density at radius 3 is 2.74 bits per heavy atom. The first kappa shape index (κ1) is 13.3. The van der Waals surface area contributed by atoms with Gasteiger partial charge in [0.2, 0.25) is 0 Å². The molecule has 0 atom stereocenters. The van der Waals surface area contributed by atoms with E-state index in [2.05, 4.69) is 31.2 Å². The van der Waals surface area contributed by atoms with Gasteiger partial charge in [-0.05, 0) is 18.2 Å². The maximum Gasteiger partial charge on any atom is 0.356 e. The standard InChI is InChI=1S/C12H10BrN3O3/c1-19-10-3-2-7(13)4-8(10)16-11-6-14-9(5-15-11)12(17)18/h2-6H,1H3,(H,15,16)(H,17,18). The quantitative estimate of drug-likeness (QED) is 0.899. The molecule has 0 amide bonds. The molecule has 0 unspecified atom stereocenters. The first-order valence-corrected chi connectivity index (χ1v) is 6.05. The third-order valence-corrected chi connectivity index (χ3v) is 2.79. The molecule has 1 aromatic carbocycles. The number of halogens is 1. The zero-order chi connectivity index (χ0) is 13.8. The molecule has 0 fully saturated rings. The lowest BCUT2D eigenvalue weighted by Gasteiger charge is -2.10. The number of hydrogen-bond donors (Lipinski definition) is 2. The number of nitrogens with zero attached hydrogens (tertiary/aromatic N) is 2. The molecule has 0 saturated heterocycles. The Kier molecular flexibility index (Phi) is 3.96. The lowest BCUT2D eigenvalue weighted by molar-refractivity contribution is 0.0690. The van der Waals surface area contributed by atoms with Crippen LogP contribution in [0.15, 0.2) is 35.1 Å². The fourth-order valence-electron chi connectivity index (χ4n) is 1.42. The van der Waals surface area contributed by atoms with Crippen LogP contribution in [0.25, 0.3) is 0 Å². The second-order valence-corrected chi connectivity index (χ2v) is 4.48. The van der Waals surface area contributed by atoms with E-state index >= 15 is 0 Å². The summed E-state index contributed by atoms with van der Waals surface area (Å²) in [6.45, 7) is 0. The molecule has 19 heavy (non-hydrogen) atoms. The molecule has 0 bridgehead atoms. The summed E-state index contributed by atoms with van der Waals surface area (Å²) in [5.41, 5.74) is 0.598. The van der Waals surface area contributed by atoms with Crippen LogP contribution in [0.3, 0.4) is 0 Å². The number of nitrogens with one attached hydrogen (secondary N) is 1. The Bertz CT molecular complexity index is 602. The third-order valence-electron chi connectivity index (χ3n) is 2.30. The van der Waals surface area contributed by atoms with E-state index in [0.29, 0.717) is 17.3 Å². The summed E-state index contributed by atoms with van der Waals surface area (Å²) < 4.78 is 6.09. The van der Waals surface area contributed by atoms with Crippen LogP contribution in [0.1, 0.15) is 10.5 Å². The summed E-state index contributed by atoms with van der Waals surface area (Å²) in [5, 5.41) is 11.7. The fourth-order valence-corrected chi connectivity index (χ4v) is 1.78. The van der Waals surface area contributed by atoms with E-state index in [1.807, 2.05) is 12.1 Å². The van der Waals surface area contributed by atoms with Gasteiger partial charge < -0.3 is 15.2 Å². The summed E-state index contributed by atoms with van der Waals surface area (Å²) in [5.74, 6) is -0.0344. The minimum Gasteiger partial charge on any atom is -0.495 e. The fraction of sp³-hybridized carbons (Fsp3) is 0.0833. The normalized spacial score (nSPS) is 10.0. The molecule has 0 spiro atoms. The highest BCUT2D eigenvalue weighted by atomic mass is 79.9. The monoisotopic (exact) mass is 323 g/mol. The Balaban J connectivity index is 2.25. The van der Waals surface area contributed by atoms with Gasteiger partial charge in [0.15, 0.2) is 5.69 Å². The third kappa shape index (κ3) is 3.19. The van der Waals surface area contributed by atoms with E-state index in [4.69, 9.17) is 9.84 Å². The molecule has 0 radical (unpaired) electrons. The van der Waals surface area contributed by atoms with Crippen molar-refractivity contribution in [1.82, 2.24) is 9.97 Å². The van der Waals surface area contributed by atoms with Gasteiger partial charge in [-0.3, -0.25) is 0 Å². The van der Waals surface area contributed by atoms with Crippen LogP contribution in [-0.2, 0) is 0 Å². The van der Waals surface area contributed by atoms with E-state index in [-0.39, 0.29) is 5.69 Å². The van der Waals surface area contributed by atoms with Crippen molar-refractivity contribution in [3.63, 3.8) is 0 Å². The first-order chi connectivity index (χ1) is 9.10. The van der Waals surface area contributed by atoms with Gasteiger partial charge in [-0.15, -0.1) is 0 Å². The number of aromatic carboxylic acids is 1. The predicted molar refractivity (Wildman–Crippen MR) is 73.0 cm³/mol. The van der Waals surface area contributed by atoms with Crippen LogP contribution in [0.4, 0.5) is 11.5 Å². The SMILES string of the molecule is COc1ccc(Br)cc1Nc1cnc(C(=O)O)cn1. The van der Waals surface area contributed by atoms with E-state index < -0.39 is 5.97 Å². The van der Waals surface area contributed by atoms with Crippen molar-refractivity contribution in [2.24, 2.45) is 0 Å². The molecule has 98 valence electrons. The maximum absolute atomic E-state index is 10.7. The number of rotatable bonds is 4. The Labute approximate surface area is 117 Å². The van der Waals surface area contributed by atoms with Gasteiger partial charge in [0, 0.05) is 4.47 Å². The van der Waals surface area contributed by atoms with Crippen molar-refractivity contribution in [1.29, 1.82) is 0 Å². The number of methoxy groups -OCH3 is 1. The van der Waals surface area contributed by atoms with E-state index in [9.17, 15) is 4.79 Å². The van der Waals surface area contributed by atoms with Gasteiger partial charge in [-0.1, -0.05) is 15.9 Å². The Morgan fingerprint density at radius 1 is 1.37 bits per heavy atom. The van der Waals surface area contributed by atoms with Crippen LogP contribution in [0.5, 0.6) is 5.75 Å². The summed E-state index contributed by atoms with van der Waals surface area (Å²) in [7, 11) is 1.56. The zero-order valence-corrected chi connectivity index (χ0v) is 11.5. The lowest BCUT2D eigenvalue weighted by Crippen LogP contribution is -2.03. The highest BCUT2D eigenvalue weighted by molar-refractivity contribution is 9.10. The Morgan fingerprint density at radius 2 is 2.16 bits per heavy atom. The molecule has 0 aliphatic heterocycles. The van der Waals surface area contributed by atoms with Gasteiger partial charge in [-0.25, -0.2) is 14.8 Å². The van der Waals surface area contributed by atoms with Crippen LogP contribution in [-0.4, -0.2) is 28.2 Å². The van der Waals surface area contributed by atoms with Crippen molar-refractivity contribution < 1.29 is 14.6 Å². The molecule has 0 aliphatic carbocycles. The Hall–Kier alpha value is -2.15. The average Bonchev–Trinajstić information content (AvgIpc) is 2.39. The molecular weight excluding hydrogens is 314 g/mol. The lowest BCUT2D eigenvalue weighted by atomic mass is 10.3. The second kappa shape index (κ2) is 5.66. The van der Waals surface area contributed by atoms with Gasteiger partial charge in [0.1, 0.15) is 11.6 Å². The van der Waals surface area contributed by atoms with Gasteiger partial charge in [-0.2, -0.15) is 0 Å². The van der Waals surface area contributed by atoms with Crippen LogP contribution >= 0.6 is 15.9 Å². The number of carboxylic acid groups (broad SMARTS) is 1. The van der Waals surface area contributed by atoms with Crippen LogP contribution in [0, 0.1) is 0 Å². The number of carbonyl (C=O) groups is 1. The van der Waals surface area contributed by atoms with Crippen molar-refractivity contribution >= 4 is 33.4 Å². The number of hydrogen-bond acceptors (Lipinski definition) is 5. The minimum atomic E-state index is -1.11. The molecular formula is C12H10BrN3O3. The molecule has 1 heterocycles. The summed E-state index contributed by atoms with van der Waals surface area (Å²) in [6, 6.07) is 5.47. The van der Waals surface area contributed by atoms with Crippen LogP contribution < -0.4 is 10.1 Å². The number of benzene rings is 1. The minimum absolute atomic E-state index is 0.105. The molecule has 0 aliphatic rings. The summed E-state index contributed by atoms with van der Waals surface area (Å²) >= 11 is 3.36. The molecule has 0 saturated carbocycles. The maximum atomic E-state index is 10.7. The van der Waals surface area contributed by atoms with Gasteiger partial charge in [0.25, 0.3) is 0 Å². The predicted octanol–water partition coefficient (Wildman–Crippen LogP) is 2.69. The number of aromatic nitrogens is 2. The van der Waals surface area contributed by atoms with Gasteiger partial charge >= 0.3 is 5.97 Å². The second-order valence-electron chi connectivity index (χ2n) is 3.56. The first-order valence-electron chi connectivity index (χ1n) is 5.26. The molecule has 1 aromatic heterocycles. The van der Waals surface area contributed by atoms with E-state index in [1.54, 1.807) is 13.2 Å². The number of anilines is 2. The van der Waals surface area contributed by atoms with Crippen molar-refractivity contribution in [2.75, 3.05) is 12.4 Å². The molecule has 2 N–H and O–H groups in total. The van der Waals surface area contributed by atoms with Gasteiger partial charge in [0.05, 0.1) is 25.2 Å². The van der Waals surface area contributed by atoms with E-state index in [0.717, 1.165) is 4.47 Å². The van der Waals surface area contributed by atoms with Crippen molar-refractivity contribution in [2.45, 2.75) is 0 Å².